The Kier molecular flexibility index (Phi) is 3.04. The molecular weight excluding hydrogens is 334 g/mol. The lowest BCUT2D eigenvalue weighted by atomic mass is 10.1. The van der Waals surface area contributed by atoms with Crippen molar-refractivity contribution in [3.63, 3.8) is 0 Å². The molecule has 0 amide bonds. The van der Waals surface area contributed by atoms with Crippen LogP contribution in [-0.2, 0) is 6.42 Å². The molecule has 7 nitrogen and oxygen atoms in total. The molecule has 8 heteroatoms. The Morgan fingerprint density at radius 2 is 1.96 bits per heavy atom. The first-order valence-corrected chi connectivity index (χ1v) is 8.55. The molecule has 5 aromatic rings. The maximum atomic E-state index is 5.79. The van der Waals surface area contributed by atoms with Crippen LogP contribution in [0.4, 0.5) is 5.13 Å². The maximum Gasteiger partial charge on any atom is 0.181 e. The van der Waals surface area contributed by atoms with Gasteiger partial charge in [0, 0.05) is 30.6 Å². The zero-order chi connectivity index (χ0) is 16.8. The van der Waals surface area contributed by atoms with E-state index in [-0.39, 0.29) is 0 Å². The van der Waals surface area contributed by atoms with Crippen molar-refractivity contribution in [3.05, 3.63) is 66.4 Å². The third-order valence-corrected chi connectivity index (χ3v) is 4.93. The summed E-state index contributed by atoms with van der Waals surface area (Å²) in [5, 5.41) is 8.90. The number of imidazole rings is 1. The Bertz CT molecular complexity index is 1190. The smallest absolute Gasteiger partial charge is 0.181 e. The number of aromatic nitrogens is 6. The molecule has 122 valence electrons. The van der Waals surface area contributed by atoms with Crippen LogP contribution in [-0.4, -0.2) is 29.4 Å². The van der Waals surface area contributed by atoms with Crippen molar-refractivity contribution >= 4 is 32.3 Å². The number of thiazole rings is 1. The van der Waals surface area contributed by atoms with Crippen LogP contribution in [0.1, 0.15) is 11.3 Å². The van der Waals surface area contributed by atoms with E-state index in [1.165, 1.54) is 16.9 Å². The van der Waals surface area contributed by atoms with Gasteiger partial charge in [0.25, 0.3) is 0 Å². The topological polar surface area (TPSA) is 86.9 Å². The number of rotatable bonds is 3. The Labute approximate surface area is 146 Å². The number of benzene rings is 1. The maximum absolute atomic E-state index is 5.79. The number of nitrogen functional groups attached to an aromatic ring is 1. The van der Waals surface area contributed by atoms with Gasteiger partial charge in [-0.2, -0.15) is 15.0 Å². The van der Waals surface area contributed by atoms with Crippen molar-refractivity contribution in [2.75, 3.05) is 5.73 Å². The number of hydrogen-bond donors (Lipinski definition) is 1. The van der Waals surface area contributed by atoms with Crippen LogP contribution in [0.5, 0.6) is 0 Å². The zero-order valence-corrected chi connectivity index (χ0v) is 13.9. The van der Waals surface area contributed by atoms with Crippen LogP contribution in [0.2, 0.25) is 0 Å². The van der Waals surface area contributed by atoms with Crippen LogP contribution in [0.15, 0.2) is 55.1 Å². The van der Waals surface area contributed by atoms with Crippen molar-refractivity contribution in [2.45, 2.75) is 6.42 Å². The summed E-state index contributed by atoms with van der Waals surface area (Å²) >= 11 is 1.51. The summed E-state index contributed by atoms with van der Waals surface area (Å²) in [6.07, 6.45) is 8.00. The summed E-state index contributed by atoms with van der Waals surface area (Å²) in [7, 11) is 0. The third kappa shape index (κ3) is 2.43. The van der Waals surface area contributed by atoms with E-state index in [2.05, 4.69) is 36.7 Å². The third-order valence-electron chi connectivity index (χ3n) is 4.08. The molecule has 4 heterocycles. The summed E-state index contributed by atoms with van der Waals surface area (Å²) < 4.78 is 3.19. The largest absolute Gasteiger partial charge is 0.375 e. The van der Waals surface area contributed by atoms with Gasteiger partial charge in [-0.15, -0.1) is 0 Å². The quantitative estimate of drug-likeness (QED) is 0.542. The van der Waals surface area contributed by atoms with Gasteiger partial charge in [-0.3, -0.25) is 0 Å². The monoisotopic (exact) mass is 347 g/mol. The van der Waals surface area contributed by atoms with E-state index in [9.17, 15) is 0 Å². The average Bonchev–Trinajstić information content (AvgIpc) is 3.33. The molecule has 25 heavy (non-hydrogen) atoms. The summed E-state index contributed by atoms with van der Waals surface area (Å²) in [5.41, 5.74) is 10.8. The summed E-state index contributed by atoms with van der Waals surface area (Å²) in [4.78, 5) is 10.4. The van der Waals surface area contributed by atoms with Gasteiger partial charge in [0.05, 0.1) is 28.3 Å². The number of anilines is 1. The van der Waals surface area contributed by atoms with Crippen molar-refractivity contribution in [1.29, 1.82) is 0 Å². The SMILES string of the molecule is Nc1nc2ccc(Cc3cnc4cc(-n5nccn5)ccn34)cc2s1. The molecule has 0 aliphatic heterocycles. The summed E-state index contributed by atoms with van der Waals surface area (Å²) in [6.45, 7) is 0. The summed E-state index contributed by atoms with van der Waals surface area (Å²) in [5.74, 6) is 0. The van der Waals surface area contributed by atoms with Gasteiger partial charge >= 0.3 is 0 Å². The standard InChI is InChI=1S/C17H13N7S/c18-17-22-14-2-1-11(8-15(14)25-17)7-13-10-19-16-9-12(3-6-23(13)16)24-20-4-5-21-24/h1-6,8-10H,7H2,(H2,18,22). The molecule has 0 atom stereocenters. The van der Waals surface area contributed by atoms with Crippen LogP contribution in [0.25, 0.3) is 21.6 Å². The molecule has 4 aromatic heterocycles. The molecule has 0 bridgehead atoms. The molecule has 1 aromatic carbocycles. The first-order chi connectivity index (χ1) is 12.3. The Balaban J connectivity index is 1.51. The van der Waals surface area contributed by atoms with Crippen molar-refractivity contribution in [2.24, 2.45) is 0 Å². The Morgan fingerprint density at radius 1 is 1.08 bits per heavy atom. The minimum absolute atomic E-state index is 0.599. The highest BCUT2D eigenvalue weighted by Crippen LogP contribution is 2.25. The molecule has 0 saturated heterocycles. The van der Waals surface area contributed by atoms with Crippen LogP contribution >= 0.6 is 11.3 Å². The number of nitrogens with two attached hydrogens (primary N) is 1. The number of hydrogen-bond acceptors (Lipinski definition) is 6. The molecule has 0 spiro atoms. The lowest BCUT2D eigenvalue weighted by Gasteiger charge is -2.04. The first kappa shape index (κ1) is 14.1. The number of fused-ring (bicyclic) bond motifs is 2. The Hall–Kier alpha value is -3.26. The summed E-state index contributed by atoms with van der Waals surface area (Å²) in [6, 6.07) is 10.2. The highest BCUT2D eigenvalue weighted by atomic mass is 32.1. The van der Waals surface area contributed by atoms with Gasteiger partial charge in [0.2, 0.25) is 0 Å². The van der Waals surface area contributed by atoms with Crippen molar-refractivity contribution < 1.29 is 0 Å². The lowest BCUT2D eigenvalue weighted by molar-refractivity contribution is 0.750. The van der Waals surface area contributed by atoms with E-state index in [4.69, 9.17) is 5.73 Å². The molecule has 0 radical (unpaired) electrons. The second kappa shape index (κ2) is 5.38. The number of nitrogens with zero attached hydrogens (tertiary/aromatic N) is 6. The van der Waals surface area contributed by atoms with E-state index in [0.29, 0.717) is 5.13 Å². The highest BCUT2D eigenvalue weighted by Gasteiger charge is 2.08. The van der Waals surface area contributed by atoms with E-state index in [0.717, 1.165) is 33.7 Å². The van der Waals surface area contributed by atoms with Crippen LogP contribution < -0.4 is 5.73 Å². The van der Waals surface area contributed by atoms with Crippen LogP contribution in [0, 0.1) is 0 Å². The molecule has 2 N–H and O–H groups in total. The zero-order valence-electron chi connectivity index (χ0n) is 13.1. The van der Waals surface area contributed by atoms with E-state index in [1.807, 2.05) is 30.6 Å². The van der Waals surface area contributed by atoms with E-state index < -0.39 is 0 Å². The van der Waals surface area contributed by atoms with Crippen LogP contribution in [0.3, 0.4) is 0 Å². The van der Waals surface area contributed by atoms with Gasteiger partial charge in [-0.1, -0.05) is 17.4 Å². The Morgan fingerprint density at radius 3 is 2.84 bits per heavy atom. The molecule has 0 fully saturated rings. The fourth-order valence-electron chi connectivity index (χ4n) is 2.93. The van der Waals surface area contributed by atoms with Crippen molar-refractivity contribution in [3.8, 4) is 5.69 Å². The highest BCUT2D eigenvalue weighted by molar-refractivity contribution is 7.22. The normalized spacial score (nSPS) is 11.5. The first-order valence-electron chi connectivity index (χ1n) is 7.74. The molecule has 0 aliphatic rings. The van der Waals surface area contributed by atoms with Gasteiger partial charge in [-0.25, -0.2) is 9.97 Å². The second-order valence-corrected chi connectivity index (χ2v) is 6.77. The molecule has 0 saturated carbocycles. The average molecular weight is 347 g/mol. The fourth-order valence-corrected chi connectivity index (χ4v) is 3.73. The molecular formula is C17H13N7S. The van der Waals surface area contributed by atoms with Gasteiger partial charge in [0.1, 0.15) is 5.65 Å². The minimum atomic E-state index is 0.599. The molecule has 5 rings (SSSR count). The molecule has 0 unspecified atom stereocenters. The predicted molar refractivity (Wildman–Crippen MR) is 96.9 cm³/mol. The molecule has 0 aliphatic carbocycles. The van der Waals surface area contributed by atoms with Gasteiger partial charge < -0.3 is 10.1 Å². The second-order valence-electron chi connectivity index (χ2n) is 5.71. The van der Waals surface area contributed by atoms with E-state index in [1.54, 1.807) is 17.2 Å². The van der Waals surface area contributed by atoms with Gasteiger partial charge in [0.15, 0.2) is 5.13 Å². The number of pyridine rings is 1. The predicted octanol–water partition coefficient (Wildman–Crippen LogP) is 2.70. The van der Waals surface area contributed by atoms with E-state index >= 15 is 0 Å². The minimum Gasteiger partial charge on any atom is -0.375 e. The lowest BCUT2D eigenvalue weighted by Crippen LogP contribution is -2.00. The van der Waals surface area contributed by atoms with Gasteiger partial charge in [-0.05, 0) is 23.8 Å². The van der Waals surface area contributed by atoms with Crippen molar-refractivity contribution in [1.82, 2.24) is 29.4 Å². The fraction of sp³-hybridized carbons (Fsp3) is 0.0588.